The fraction of sp³-hybridized carbons (Fsp3) is 0.894. The average molecular weight is 747 g/mol. The minimum Gasteiger partial charge on any atom is -0.481 e. The van der Waals surface area contributed by atoms with Crippen LogP contribution in [0.15, 0.2) is 12.2 Å². The Morgan fingerprint density at radius 2 is 1.46 bits per heavy atom. The van der Waals surface area contributed by atoms with Gasteiger partial charge in [-0.15, -0.1) is 0 Å². The monoisotopic (exact) mass is 747 g/mol. The second kappa shape index (κ2) is 13.1. The number of hydrogen-bond donors (Lipinski definition) is 1. The van der Waals surface area contributed by atoms with Gasteiger partial charge in [0.15, 0.2) is 0 Å². The second-order valence-electron chi connectivity index (χ2n) is 22.4. The lowest BCUT2D eigenvalue weighted by Gasteiger charge is -2.73. The Hall–Kier alpha value is -1.89. The number of carboxylic acids is 1. The molecule has 54 heavy (non-hydrogen) atoms. The Balaban J connectivity index is 1.04. The molecule has 1 amide bonds. The molecule has 2 saturated heterocycles. The summed E-state index contributed by atoms with van der Waals surface area (Å²) in [5.41, 5.74) is 0.833. The summed E-state index contributed by atoms with van der Waals surface area (Å²) in [4.78, 5) is 45.7. The van der Waals surface area contributed by atoms with Crippen LogP contribution in [0.2, 0.25) is 0 Å². The third-order valence-corrected chi connectivity index (χ3v) is 19.8. The maximum absolute atomic E-state index is 15.3. The van der Waals surface area contributed by atoms with E-state index in [4.69, 9.17) is 4.74 Å². The molecule has 0 bridgehead atoms. The van der Waals surface area contributed by atoms with Gasteiger partial charge in [-0.3, -0.25) is 14.4 Å². The average Bonchev–Trinajstić information content (AvgIpc) is 3.87. The van der Waals surface area contributed by atoms with E-state index < -0.39 is 17.3 Å². The lowest BCUT2D eigenvalue weighted by Crippen LogP contribution is -2.67. The molecule has 2 heterocycles. The van der Waals surface area contributed by atoms with Crippen molar-refractivity contribution in [1.29, 1.82) is 0 Å². The number of carbonyl (C=O) groups excluding carboxylic acids is 2. The molecule has 0 radical (unpaired) electrons. The minimum atomic E-state index is -0.807. The zero-order chi connectivity index (χ0) is 38.8. The van der Waals surface area contributed by atoms with Crippen molar-refractivity contribution in [1.82, 2.24) is 9.80 Å². The highest BCUT2D eigenvalue weighted by atomic mass is 16.5. The summed E-state index contributed by atoms with van der Waals surface area (Å²) in [5.74, 6) is 1.09. The number of amides is 1. The zero-order valence-electron chi connectivity index (χ0n) is 35.3. The number of ether oxygens (including phenoxy) is 1. The highest BCUT2D eigenvalue weighted by molar-refractivity contribution is 5.85. The highest BCUT2D eigenvalue weighted by Crippen LogP contribution is 2.78. The number of carbonyl (C=O) groups is 3. The molecule has 0 unspecified atom stereocenters. The summed E-state index contributed by atoms with van der Waals surface area (Å²) in [6.07, 6.45) is 16.2. The van der Waals surface area contributed by atoms with Crippen LogP contribution in [0.4, 0.5) is 0 Å². The van der Waals surface area contributed by atoms with Gasteiger partial charge in [0.25, 0.3) is 0 Å². The summed E-state index contributed by atoms with van der Waals surface area (Å²) in [6.45, 7) is 27.8. The maximum atomic E-state index is 15.3. The van der Waals surface area contributed by atoms with E-state index in [9.17, 15) is 14.7 Å². The third kappa shape index (κ3) is 5.36. The van der Waals surface area contributed by atoms with E-state index in [0.29, 0.717) is 48.0 Å². The molecule has 8 aliphatic rings. The number of fused-ring (bicyclic) bond motifs is 7. The number of nitrogens with zero attached hydrogens (tertiary/aromatic N) is 2. The van der Waals surface area contributed by atoms with Crippen LogP contribution in [0, 0.1) is 73.9 Å². The van der Waals surface area contributed by atoms with Crippen molar-refractivity contribution in [2.24, 2.45) is 73.9 Å². The van der Waals surface area contributed by atoms with Crippen LogP contribution in [0.25, 0.3) is 0 Å². The topological polar surface area (TPSA) is 87.2 Å². The van der Waals surface area contributed by atoms with Crippen LogP contribution >= 0.6 is 0 Å². The van der Waals surface area contributed by atoms with Gasteiger partial charge in [0.1, 0.15) is 6.10 Å². The fourth-order valence-corrected chi connectivity index (χ4v) is 16.5. The molecular formula is C47H74N2O5. The van der Waals surface area contributed by atoms with Crippen LogP contribution in [0.1, 0.15) is 152 Å². The predicted octanol–water partition coefficient (Wildman–Crippen LogP) is 9.39. The van der Waals surface area contributed by atoms with E-state index in [-0.39, 0.29) is 45.1 Å². The van der Waals surface area contributed by atoms with E-state index in [1.54, 1.807) is 0 Å². The number of aliphatic carboxylic acids is 1. The Bertz CT molecular complexity index is 1550. The normalized spacial score (nSPS) is 47.8. The standard InChI is InChI=1S/C47H74N2O5/c1-29(2)31-16-21-47(41(53)49-26-12-13-30(49)28-48-24-10-11-25-48)23-22-45(8)32(38(31)47)14-15-36-44(7)19-18-37(43(5,6)35(44)17-20-46(36,45)9)54-40(52)34-27-33(39(50)51)42(34,3)4/h30-38H,1,10-28H2,2-9H3,(H,50,51)/t30-,31+,32-,33+,34-,35+,36-,37+,38-,44+,45-,46-,47+/m1/s1. The van der Waals surface area contributed by atoms with Crippen molar-refractivity contribution < 1.29 is 24.2 Å². The van der Waals surface area contributed by atoms with Crippen molar-refractivity contribution in [2.75, 3.05) is 26.2 Å². The van der Waals surface area contributed by atoms with Crippen molar-refractivity contribution >= 4 is 17.8 Å². The number of carboxylic acid groups (broad SMARTS) is 1. The first-order valence-corrected chi connectivity index (χ1v) is 22.4. The molecule has 0 aromatic carbocycles. The molecular weight excluding hydrogens is 673 g/mol. The van der Waals surface area contributed by atoms with Gasteiger partial charge < -0.3 is 19.6 Å². The van der Waals surface area contributed by atoms with Gasteiger partial charge in [0, 0.05) is 24.5 Å². The van der Waals surface area contributed by atoms with Crippen molar-refractivity contribution in [3.8, 4) is 0 Å². The molecule has 1 N–H and O–H groups in total. The third-order valence-electron chi connectivity index (χ3n) is 19.8. The fourth-order valence-electron chi connectivity index (χ4n) is 16.5. The molecule has 2 aliphatic heterocycles. The molecule has 8 fully saturated rings. The summed E-state index contributed by atoms with van der Waals surface area (Å²) in [7, 11) is 0. The highest BCUT2D eigenvalue weighted by Gasteiger charge is 2.72. The molecule has 8 rings (SSSR count). The van der Waals surface area contributed by atoms with Gasteiger partial charge in [-0.05, 0) is 168 Å². The molecule has 302 valence electrons. The lowest BCUT2D eigenvalue weighted by atomic mass is 9.32. The molecule has 7 heteroatoms. The summed E-state index contributed by atoms with van der Waals surface area (Å²) < 4.78 is 6.46. The molecule has 0 aromatic heterocycles. The SMILES string of the molecule is C=C(C)[C@@H]1CC[C@]2(C(=O)N3CCC[C@@H]3CN3CCCC3)CC[C@]3(C)[C@H](CC[C@@H]4[C@@]5(C)CC[C@H](OC(=O)[C@H]6C[C@@H](C(=O)O)C6(C)C)C(C)(C)[C@@H]5CC[C@]43C)[C@@H]12. The zero-order valence-corrected chi connectivity index (χ0v) is 35.3. The summed E-state index contributed by atoms with van der Waals surface area (Å²) >= 11 is 0. The van der Waals surface area contributed by atoms with Gasteiger partial charge >= 0.3 is 11.9 Å². The smallest absolute Gasteiger partial charge is 0.309 e. The van der Waals surface area contributed by atoms with Crippen LogP contribution < -0.4 is 0 Å². The Morgan fingerprint density at radius 3 is 2.13 bits per heavy atom. The van der Waals surface area contributed by atoms with Gasteiger partial charge in [0.2, 0.25) is 5.91 Å². The molecule has 13 atom stereocenters. The van der Waals surface area contributed by atoms with Crippen LogP contribution in [-0.4, -0.2) is 71.1 Å². The predicted molar refractivity (Wildman–Crippen MR) is 212 cm³/mol. The number of rotatable bonds is 7. The van der Waals surface area contributed by atoms with Crippen molar-refractivity contribution in [3.05, 3.63) is 12.2 Å². The van der Waals surface area contributed by atoms with Crippen LogP contribution in [0.5, 0.6) is 0 Å². The molecule has 7 nitrogen and oxygen atoms in total. The molecule has 0 spiro atoms. The quantitative estimate of drug-likeness (QED) is 0.207. The Labute approximate surface area is 327 Å². The lowest BCUT2D eigenvalue weighted by molar-refractivity contribution is -0.251. The first kappa shape index (κ1) is 39.0. The van der Waals surface area contributed by atoms with E-state index in [1.165, 1.54) is 50.8 Å². The van der Waals surface area contributed by atoms with Gasteiger partial charge in [-0.25, -0.2) is 0 Å². The van der Waals surface area contributed by atoms with E-state index in [1.807, 2.05) is 13.8 Å². The van der Waals surface area contributed by atoms with E-state index in [0.717, 1.165) is 70.9 Å². The summed E-state index contributed by atoms with van der Waals surface area (Å²) in [6, 6.07) is 0.380. The van der Waals surface area contributed by atoms with Crippen LogP contribution in [-0.2, 0) is 19.1 Å². The first-order valence-electron chi connectivity index (χ1n) is 22.4. The number of allylic oxidation sites excluding steroid dienone is 1. The van der Waals surface area contributed by atoms with Gasteiger partial charge in [-0.2, -0.15) is 0 Å². The second-order valence-corrected chi connectivity index (χ2v) is 22.4. The number of likely N-dealkylation sites (tertiary alicyclic amines) is 2. The van der Waals surface area contributed by atoms with Gasteiger partial charge in [0.05, 0.1) is 17.3 Å². The molecule has 0 aromatic rings. The number of hydrogen-bond acceptors (Lipinski definition) is 5. The first-order chi connectivity index (χ1) is 25.3. The summed E-state index contributed by atoms with van der Waals surface area (Å²) in [5, 5.41) is 9.68. The van der Waals surface area contributed by atoms with E-state index >= 15 is 4.79 Å². The van der Waals surface area contributed by atoms with Crippen molar-refractivity contribution in [3.63, 3.8) is 0 Å². The van der Waals surface area contributed by atoms with E-state index in [2.05, 4.69) is 57.9 Å². The van der Waals surface area contributed by atoms with Crippen molar-refractivity contribution in [2.45, 2.75) is 164 Å². The molecule has 6 aliphatic carbocycles. The van der Waals surface area contributed by atoms with Crippen LogP contribution in [0.3, 0.4) is 0 Å². The maximum Gasteiger partial charge on any atom is 0.309 e. The van der Waals surface area contributed by atoms with Gasteiger partial charge in [-0.1, -0.05) is 60.6 Å². The largest absolute Gasteiger partial charge is 0.481 e. The molecule has 6 saturated carbocycles. The Kier molecular flexibility index (Phi) is 9.43. The Morgan fingerprint density at radius 1 is 0.741 bits per heavy atom. The minimum absolute atomic E-state index is 0.143. The number of esters is 1.